The van der Waals surface area contributed by atoms with Crippen molar-refractivity contribution in [3.63, 3.8) is 0 Å². The summed E-state index contributed by atoms with van der Waals surface area (Å²) in [4.78, 5) is 2.48. The van der Waals surface area contributed by atoms with Gasteiger partial charge in [-0.25, -0.2) is 0 Å². The van der Waals surface area contributed by atoms with Gasteiger partial charge in [-0.1, -0.05) is 31.2 Å². The van der Waals surface area contributed by atoms with Crippen molar-refractivity contribution in [2.45, 2.75) is 39.3 Å². The Hall–Kier alpha value is -0.900. The first-order chi connectivity index (χ1) is 9.22. The molecule has 0 aliphatic rings. The molecule has 0 aromatic heterocycles. The standard InChI is InChI=1S/C16H28N2O/c1-4-14(2)18(11-12-19-3)13-16-8-6-5-7-15(16)9-10-17/h5-8,14H,4,9-13,17H2,1-3H3. The number of methoxy groups -OCH3 is 1. The highest BCUT2D eigenvalue weighted by atomic mass is 16.5. The van der Waals surface area contributed by atoms with E-state index in [4.69, 9.17) is 10.5 Å². The van der Waals surface area contributed by atoms with E-state index < -0.39 is 0 Å². The summed E-state index contributed by atoms with van der Waals surface area (Å²) >= 11 is 0. The third kappa shape index (κ3) is 5.31. The molecule has 1 rings (SSSR count). The molecule has 19 heavy (non-hydrogen) atoms. The van der Waals surface area contributed by atoms with Crippen LogP contribution in [0.4, 0.5) is 0 Å². The van der Waals surface area contributed by atoms with E-state index in [2.05, 4.69) is 43.0 Å². The first-order valence-electron chi connectivity index (χ1n) is 7.22. The summed E-state index contributed by atoms with van der Waals surface area (Å²) in [6.45, 7) is 7.95. The molecular formula is C16H28N2O. The lowest BCUT2D eigenvalue weighted by Crippen LogP contribution is -2.35. The van der Waals surface area contributed by atoms with Crippen LogP contribution in [0, 0.1) is 0 Å². The predicted molar refractivity (Wildman–Crippen MR) is 81.2 cm³/mol. The van der Waals surface area contributed by atoms with Crippen molar-refractivity contribution in [1.29, 1.82) is 0 Å². The largest absolute Gasteiger partial charge is 0.383 e. The van der Waals surface area contributed by atoms with Crippen LogP contribution in [-0.2, 0) is 17.7 Å². The van der Waals surface area contributed by atoms with Gasteiger partial charge >= 0.3 is 0 Å². The summed E-state index contributed by atoms with van der Waals surface area (Å²) in [5.41, 5.74) is 8.46. The highest BCUT2D eigenvalue weighted by Crippen LogP contribution is 2.15. The molecule has 1 aromatic rings. The van der Waals surface area contributed by atoms with Gasteiger partial charge in [-0.05, 0) is 37.4 Å². The lowest BCUT2D eigenvalue weighted by Gasteiger charge is -2.29. The van der Waals surface area contributed by atoms with Crippen LogP contribution in [0.5, 0.6) is 0 Å². The molecule has 0 amide bonds. The third-order valence-corrected chi connectivity index (χ3v) is 3.70. The summed E-state index contributed by atoms with van der Waals surface area (Å²) in [6, 6.07) is 9.18. The van der Waals surface area contributed by atoms with E-state index in [1.54, 1.807) is 7.11 Å². The lowest BCUT2D eigenvalue weighted by atomic mass is 10.0. The summed E-state index contributed by atoms with van der Waals surface area (Å²) in [5.74, 6) is 0. The Labute approximate surface area is 117 Å². The van der Waals surface area contributed by atoms with Crippen molar-refractivity contribution in [3.8, 4) is 0 Å². The van der Waals surface area contributed by atoms with Crippen molar-refractivity contribution in [3.05, 3.63) is 35.4 Å². The number of benzene rings is 1. The fraction of sp³-hybridized carbons (Fsp3) is 0.625. The summed E-state index contributed by atoms with van der Waals surface area (Å²) in [7, 11) is 1.76. The van der Waals surface area contributed by atoms with Crippen LogP contribution in [0.1, 0.15) is 31.4 Å². The van der Waals surface area contributed by atoms with Crippen LogP contribution >= 0.6 is 0 Å². The van der Waals surface area contributed by atoms with Crippen LogP contribution < -0.4 is 5.73 Å². The minimum atomic E-state index is 0.570. The molecule has 0 saturated heterocycles. The minimum absolute atomic E-state index is 0.570. The quantitative estimate of drug-likeness (QED) is 0.744. The average molecular weight is 264 g/mol. The van der Waals surface area contributed by atoms with Gasteiger partial charge in [0.1, 0.15) is 0 Å². The summed E-state index contributed by atoms with van der Waals surface area (Å²) in [6.07, 6.45) is 2.11. The first-order valence-corrected chi connectivity index (χ1v) is 7.22. The molecule has 0 radical (unpaired) electrons. The second-order valence-electron chi connectivity index (χ2n) is 5.03. The molecule has 0 aliphatic heterocycles. The maximum absolute atomic E-state index is 5.69. The van der Waals surface area contributed by atoms with Gasteiger partial charge in [0.2, 0.25) is 0 Å². The molecule has 0 aliphatic carbocycles. The highest BCUT2D eigenvalue weighted by molar-refractivity contribution is 5.27. The van der Waals surface area contributed by atoms with Gasteiger partial charge in [0.25, 0.3) is 0 Å². The van der Waals surface area contributed by atoms with E-state index in [9.17, 15) is 0 Å². The molecule has 0 fully saturated rings. The molecule has 1 atom stereocenters. The van der Waals surface area contributed by atoms with Crippen molar-refractivity contribution in [1.82, 2.24) is 4.90 Å². The maximum Gasteiger partial charge on any atom is 0.0589 e. The van der Waals surface area contributed by atoms with Gasteiger partial charge in [-0.3, -0.25) is 4.90 Å². The van der Waals surface area contributed by atoms with Gasteiger partial charge in [0.15, 0.2) is 0 Å². The Balaban J connectivity index is 2.76. The summed E-state index contributed by atoms with van der Waals surface area (Å²) in [5, 5.41) is 0. The molecule has 0 heterocycles. The van der Waals surface area contributed by atoms with Crippen LogP contribution in [-0.4, -0.2) is 37.7 Å². The van der Waals surface area contributed by atoms with Crippen molar-refractivity contribution < 1.29 is 4.74 Å². The van der Waals surface area contributed by atoms with Gasteiger partial charge in [-0.2, -0.15) is 0 Å². The van der Waals surface area contributed by atoms with Gasteiger partial charge in [0, 0.05) is 26.2 Å². The molecule has 1 unspecified atom stereocenters. The van der Waals surface area contributed by atoms with Crippen LogP contribution in [0.25, 0.3) is 0 Å². The highest BCUT2D eigenvalue weighted by Gasteiger charge is 2.13. The second-order valence-corrected chi connectivity index (χ2v) is 5.03. The molecule has 3 heteroatoms. The molecule has 1 aromatic carbocycles. The maximum atomic E-state index is 5.69. The summed E-state index contributed by atoms with van der Waals surface area (Å²) < 4.78 is 5.22. The van der Waals surface area contributed by atoms with Crippen molar-refractivity contribution in [2.24, 2.45) is 5.73 Å². The topological polar surface area (TPSA) is 38.5 Å². The number of nitrogens with two attached hydrogens (primary N) is 1. The Morgan fingerprint density at radius 3 is 2.53 bits per heavy atom. The number of ether oxygens (including phenoxy) is 1. The van der Waals surface area contributed by atoms with Gasteiger partial charge in [0.05, 0.1) is 6.61 Å². The predicted octanol–water partition coefficient (Wildman–Crippen LogP) is 2.43. The Bertz CT molecular complexity index is 354. The Morgan fingerprint density at radius 1 is 1.26 bits per heavy atom. The zero-order valence-electron chi connectivity index (χ0n) is 12.6. The Kier molecular flexibility index (Phi) is 7.72. The van der Waals surface area contributed by atoms with E-state index >= 15 is 0 Å². The van der Waals surface area contributed by atoms with E-state index in [0.717, 1.165) is 32.5 Å². The number of hydrogen-bond donors (Lipinski definition) is 1. The molecule has 0 saturated carbocycles. The normalized spacial score (nSPS) is 12.9. The monoisotopic (exact) mass is 264 g/mol. The van der Waals surface area contributed by atoms with Crippen LogP contribution in [0.2, 0.25) is 0 Å². The number of hydrogen-bond acceptors (Lipinski definition) is 3. The smallest absolute Gasteiger partial charge is 0.0589 e. The molecular weight excluding hydrogens is 236 g/mol. The molecule has 2 N–H and O–H groups in total. The number of rotatable bonds is 9. The zero-order chi connectivity index (χ0) is 14.1. The van der Waals surface area contributed by atoms with E-state index in [0.29, 0.717) is 12.6 Å². The third-order valence-electron chi connectivity index (χ3n) is 3.70. The fourth-order valence-corrected chi connectivity index (χ4v) is 2.25. The molecule has 0 spiro atoms. The molecule has 108 valence electrons. The Morgan fingerprint density at radius 2 is 1.95 bits per heavy atom. The zero-order valence-corrected chi connectivity index (χ0v) is 12.6. The van der Waals surface area contributed by atoms with E-state index in [1.807, 2.05) is 0 Å². The molecule has 3 nitrogen and oxygen atoms in total. The van der Waals surface area contributed by atoms with Crippen LogP contribution in [0.15, 0.2) is 24.3 Å². The fourth-order valence-electron chi connectivity index (χ4n) is 2.25. The molecule has 0 bridgehead atoms. The second kappa shape index (κ2) is 9.08. The van der Waals surface area contributed by atoms with Gasteiger partial charge in [-0.15, -0.1) is 0 Å². The minimum Gasteiger partial charge on any atom is -0.383 e. The van der Waals surface area contributed by atoms with E-state index in [1.165, 1.54) is 11.1 Å². The van der Waals surface area contributed by atoms with Crippen molar-refractivity contribution in [2.75, 3.05) is 26.8 Å². The van der Waals surface area contributed by atoms with E-state index in [-0.39, 0.29) is 0 Å². The SMILES string of the molecule is CCC(C)N(CCOC)Cc1ccccc1CCN. The van der Waals surface area contributed by atoms with Crippen molar-refractivity contribution >= 4 is 0 Å². The first kappa shape index (κ1) is 16.2. The van der Waals surface area contributed by atoms with Gasteiger partial charge < -0.3 is 10.5 Å². The van der Waals surface area contributed by atoms with Crippen LogP contribution in [0.3, 0.4) is 0 Å². The number of nitrogens with zero attached hydrogens (tertiary/aromatic N) is 1. The average Bonchev–Trinajstić information content (AvgIpc) is 2.44. The lowest BCUT2D eigenvalue weighted by molar-refractivity contribution is 0.118.